The van der Waals surface area contributed by atoms with Gasteiger partial charge in [0.15, 0.2) is 0 Å². The lowest BCUT2D eigenvalue weighted by atomic mass is 9.95. The molecule has 0 bridgehead atoms. The molecule has 0 atom stereocenters. The third-order valence-corrected chi connectivity index (χ3v) is 10.8. The zero-order chi connectivity index (χ0) is 36.3. The average molecular weight is 704 g/mol. The average Bonchev–Trinajstić information content (AvgIpc) is 3.82. The third kappa shape index (κ3) is 5.36. The van der Waals surface area contributed by atoms with E-state index < -0.39 is 0 Å². The summed E-state index contributed by atoms with van der Waals surface area (Å²) in [7, 11) is 0. The van der Waals surface area contributed by atoms with E-state index in [2.05, 4.69) is 181 Å². The number of fused-ring (bicyclic) bond motifs is 7. The molecule has 3 nitrogen and oxygen atoms in total. The van der Waals surface area contributed by atoms with Gasteiger partial charge in [0.2, 0.25) is 0 Å². The zero-order valence-corrected chi connectivity index (χ0v) is 29.8. The Balaban J connectivity index is 1.02. The number of furan rings is 2. The number of benzene rings is 9. The molecule has 0 aliphatic heterocycles. The smallest absolute Gasteiger partial charge is 0.137 e. The van der Waals surface area contributed by atoms with Gasteiger partial charge < -0.3 is 13.7 Å². The van der Waals surface area contributed by atoms with Crippen LogP contribution in [0.2, 0.25) is 0 Å². The van der Waals surface area contributed by atoms with Crippen LogP contribution in [0.25, 0.3) is 88.0 Å². The maximum absolute atomic E-state index is 6.39. The van der Waals surface area contributed by atoms with Gasteiger partial charge >= 0.3 is 0 Å². The highest BCUT2D eigenvalue weighted by Gasteiger charge is 2.18. The van der Waals surface area contributed by atoms with Gasteiger partial charge in [-0.05, 0) is 111 Å². The molecule has 0 spiro atoms. The highest BCUT2D eigenvalue weighted by molar-refractivity contribution is 6.12. The maximum atomic E-state index is 6.39. The van der Waals surface area contributed by atoms with Crippen LogP contribution in [0.3, 0.4) is 0 Å². The first-order chi connectivity index (χ1) is 27.2. The van der Waals surface area contributed by atoms with E-state index in [4.69, 9.17) is 8.83 Å². The van der Waals surface area contributed by atoms with E-state index in [0.29, 0.717) is 0 Å². The predicted octanol–water partition coefficient (Wildman–Crippen LogP) is 15.1. The summed E-state index contributed by atoms with van der Waals surface area (Å²) < 4.78 is 12.6. The normalized spacial score (nSPS) is 11.6. The Morgan fingerprint density at radius 1 is 0.291 bits per heavy atom. The fourth-order valence-electron chi connectivity index (χ4n) is 8.18. The monoisotopic (exact) mass is 703 g/mol. The molecule has 0 amide bonds. The van der Waals surface area contributed by atoms with Gasteiger partial charge in [-0.25, -0.2) is 0 Å². The molecule has 11 rings (SSSR count). The molecule has 0 radical (unpaired) electrons. The third-order valence-electron chi connectivity index (χ3n) is 10.8. The van der Waals surface area contributed by atoms with Crippen molar-refractivity contribution in [3.63, 3.8) is 0 Å². The first-order valence-electron chi connectivity index (χ1n) is 18.7. The molecule has 3 heteroatoms. The topological polar surface area (TPSA) is 29.5 Å². The molecule has 55 heavy (non-hydrogen) atoms. The Morgan fingerprint density at radius 2 is 0.873 bits per heavy atom. The molecule has 0 saturated heterocycles. The van der Waals surface area contributed by atoms with E-state index in [-0.39, 0.29) is 0 Å². The molecule has 0 unspecified atom stereocenters. The minimum absolute atomic E-state index is 0.862. The Bertz CT molecular complexity index is 3220. The summed E-state index contributed by atoms with van der Waals surface area (Å²) in [6, 6.07) is 71.1. The van der Waals surface area contributed by atoms with Crippen LogP contribution in [0.1, 0.15) is 0 Å². The molecule has 0 aliphatic carbocycles. The molecule has 0 fully saturated rings. The molecule has 0 aliphatic rings. The van der Waals surface area contributed by atoms with Crippen LogP contribution in [0.15, 0.2) is 209 Å². The summed E-state index contributed by atoms with van der Waals surface area (Å²) in [6.07, 6.45) is 0. The van der Waals surface area contributed by atoms with Crippen LogP contribution in [0, 0.1) is 0 Å². The number of anilines is 3. The van der Waals surface area contributed by atoms with Crippen molar-refractivity contribution < 1.29 is 8.83 Å². The molecule has 2 heterocycles. The molecule has 2 aromatic heterocycles. The minimum Gasteiger partial charge on any atom is -0.456 e. The minimum atomic E-state index is 0.862. The van der Waals surface area contributed by atoms with E-state index in [1.54, 1.807) is 0 Å². The van der Waals surface area contributed by atoms with Gasteiger partial charge in [0.1, 0.15) is 22.3 Å². The second-order valence-electron chi connectivity index (χ2n) is 14.1. The quantitative estimate of drug-likeness (QED) is 0.173. The predicted molar refractivity (Wildman–Crippen MR) is 229 cm³/mol. The number of hydrogen-bond donors (Lipinski definition) is 0. The zero-order valence-electron chi connectivity index (χ0n) is 29.8. The van der Waals surface area contributed by atoms with Crippen LogP contribution in [0.4, 0.5) is 17.1 Å². The van der Waals surface area contributed by atoms with Crippen molar-refractivity contribution in [1.29, 1.82) is 0 Å². The van der Waals surface area contributed by atoms with Crippen LogP contribution < -0.4 is 4.90 Å². The van der Waals surface area contributed by atoms with Gasteiger partial charge in [0.05, 0.1) is 0 Å². The van der Waals surface area contributed by atoms with E-state index in [9.17, 15) is 0 Å². The van der Waals surface area contributed by atoms with Gasteiger partial charge in [-0.1, -0.05) is 127 Å². The number of para-hydroxylation sites is 2. The Labute approximate surface area is 317 Å². The van der Waals surface area contributed by atoms with E-state index in [1.165, 1.54) is 21.9 Å². The maximum Gasteiger partial charge on any atom is 0.137 e. The fraction of sp³-hybridized carbons (Fsp3) is 0. The van der Waals surface area contributed by atoms with Crippen molar-refractivity contribution >= 4 is 71.7 Å². The van der Waals surface area contributed by atoms with Crippen molar-refractivity contribution in [2.45, 2.75) is 0 Å². The highest BCUT2D eigenvalue weighted by Crippen LogP contribution is 2.42. The molecular weight excluding hydrogens is 671 g/mol. The number of hydrogen-bond acceptors (Lipinski definition) is 3. The van der Waals surface area contributed by atoms with Crippen molar-refractivity contribution in [2.75, 3.05) is 4.90 Å². The summed E-state index contributed by atoms with van der Waals surface area (Å²) in [6.45, 7) is 0. The van der Waals surface area contributed by atoms with Gasteiger partial charge in [0, 0.05) is 44.7 Å². The molecule has 258 valence electrons. The van der Waals surface area contributed by atoms with E-state index >= 15 is 0 Å². The lowest BCUT2D eigenvalue weighted by Crippen LogP contribution is -2.10. The van der Waals surface area contributed by atoms with Gasteiger partial charge in [-0.15, -0.1) is 0 Å². The fourth-order valence-corrected chi connectivity index (χ4v) is 8.18. The van der Waals surface area contributed by atoms with Gasteiger partial charge in [-0.3, -0.25) is 0 Å². The summed E-state index contributed by atoms with van der Waals surface area (Å²) in [5.41, 5.74) is 13.6. The summed E-state index contributed by atoms with van der Waals surface area (Å²) in [5.74, 6) is 0. The van der Waals surface area contributed by atoms with Gasteiger partial charge in [0.25, 0.3) is 0 Å². The molecular formula is C52H33NO2. The SMILES string of the molecule is c1cc(-c2cccc(N(c3ccc(-c4ccc5ccccc5c4)cc3)c3ccc4c(c3)oc3ccccc34)c2)cc(-c2cccc3oc4ccccc4c23)c1. The second kappa shape index (κ2) is 12.6. The number of nitrogens with zero attached hydrogens (tertiary/aromatic N) is 1. The van der Waals surface area contributed by atoms with Crippen molar-refractivity contribution in [3.05, 3.63) is 200 Å². The van der Waals surface area contributed by atoms with Crippen LogP contribution >= 0.6 is 0 Å². The summed E-state index contributed by atoms with van der Waals surface area (Å²) in [5, 5.41) is 6.98. The Kier molecular flexibility index (Phi) is 7.17. The lowest BCUT2D eigenvalue weighted by molar-refractivity contribution is 0.668. The first-order valence-corrected chi connectivity index (χ1v) is 18.7. The summed E-state index contributed by atoms with van der Waals surface area (Å²) in [4.78, 5) is 2.32. The molecule has 0 N–H and O–H groups in total. The van der Waals surface area contributed by atoms with E-state index in [1.807, 2.05) is 24.3 Å². The van der Waals surface area contributed by atoms with Crippen LogP contribution in [0.5, 0.6) is 0 Å². The highest BCUT2D eigenvalue weighted by atomic mass is 16.3. The Morgan fingerprint density at radius 3 is 1.75 bits per heavy atom. The Hall–Kier alpha value is -7.36. The van der Waals surface area contributed by atoms with Crippen molar-refractivity contribution in [3.8, 4) is 33.4 Å². The van der Waals surface area contributed by atoms with E-state index in [0.717, 1.165) is 83.2 Å². The molecule has 9 aromatic carbocycles. The lowest BCUT2D eigenvalue weighted by Gasteiger charge is -2.26. The van der Waals surface area contributed by atoms with Crippen LogP contribution in [-0.4, -0.2) is 0 Å². The number of rotatable bonds is 6. The summed E-state index contributed by atoms with van der Waals surface area (Å²) >= 11 is 0. The van der Waals surface area contributed by atoms with Crippen LogP contribution in [-0.2, 0) is 0 Å². The first kappa shape index (κ1) is 31.2. The largest absolute Gasteiger partial charge is 0.456 e. The van der Waals surface area contributed by atoms with Crippen molar-refractivity contribution in [2.24, 2.45) is 0 Å². The molecule has 11 aromatic rings. The van der Waals surface area contributed by atoms with Gasteiger partial charge in [-0.2, -0.15) is 0 Å². The second-order valence-corrected chi connectivity index (χ2v) is 14.1. The molecule has 0 saturated carbocycles. The van der Waals surface area contributed by atoms with Crippen molar-refractivity contribution in [1.82, 2.24) is 0 Å². The standard InChI is InChI=1S/C52H33NO2/c1-2-11-36-30-39(23-22-34(36)10-1)35-24-26-41(27-25-35)53(43-28-29-46-45-16-3-5-19-48(45)55-51(46)33-43)42-15-8-13-38(32-42)37-12-7-14-40(31-37)44-18-9-21-50-52(44)47-17-4-6-20-49(47)54-50/h1-33H.